The molecule has 2 aliphatic heterocycles. The van der Waals surface area contributed by atoms with E-state index in [2.05, 4.69) is 42.9 Å². The summed E-state index contributed by atoms with van der Waals surface area (Å²) in [7, 11) is 0. The lowest BCUT2D eigenvalue weighted by Gasteiger charge is -2.39. The van der Waals surface area contributed by atoms with Gasteiger partial charge >= 0.3 is 0 Å². The number of pyridine rings is 1. The summed E-state index contributed by atoms with van der Waals surface area (Å²) in [5.41, 5.74) is 2.05. The number of rotatable bonds is 6. The Kier molecular flexibility index (Phi) is 4.60. The van der Waals surface area contributed by atoms with Crippen LogP contribution in [0.1, 0.15) is 37.8 Å². The van der Waals surface area contributed by atoms with Crippen molar-refractivity contribution in [2.75, 3.05) is 17.2 Å². The molecule has 5 heterocycles. The number of piperidine rings is 1. The summed E-state index contributed by atoms with van der Waals surface area (Å²) in [6.45, 7) is 2.88. The van der Waals surface area contributed by atoms with Crippen molar-refractivity contribution < 1.29 is 0 Å². The molecule has 2 bridgehead atoms. The minimum absolute atomic E-state index is 0.402. The third-order valence-electron chi connectivity index (χ3n) is 6.22. The van der Waals surface area contributed by atoms with Crippen molar-refractivity contribution in [3.63, 3.8) is 0 Å². The number of aryl methyl sites for hydroxylation is 1. The lowest BCUT2D eigenvalue weighted by Crippen LogP contribution is -2.47. The molecule has 2 aliphatic rings. The summed E-state index contributed by atoms with van der Waals surface area (Å²) in [5.74, 6) is 2.44. The van der Waals surface area contributed by atoms with Crippen LogP contribution in [-0.4, -0.2) is 49.7 Å². The van der Waals surface area contributed by atoms with Gasteiger partial charge in [-0.3, -0.25) is 10.00 Å². The quantitative estimate of drug-likeness (QED) is 0.511. The average Bonchev–Trinajstić information content (AvgIpc) is 3.39. The van der Waals surface area contributed by atoms with Crippen LogP contribution >= 0.6 is 0 Å². The van der Waals surface area contributed by atoms with Crippen LogP contribution in [0.25, 0.3) is 10.9 Å². The zero-order valence-electron chi connectivity index (χ0n) is 16.6. The van der Waals surface area contributed by atoms with Crippen LogP contribution in [-0.2, 0) is 0 Å². The number of hydrogen-bond acceptors (Lipinski definition) is 6. The number of aromatic amines is 2. The highest BCUT2D eigenvalue weighted by atomic mass is 15.2. The van der Waals surface area contributed by atoms with Crippen molar-refractivity contribution in [3.05, 3.63) is 30.1 Å². The number of nitriles is 1. The smallest absolute Gasteiger partial charge is 0.153 e. The molecule has 0 amide bonds. The topological polar surface area (TPSA) is 108 Å². The monoisotopic (exact) mass is 390 g/mol. The maximum atomic E-state index is 8.94. The van der Waals surface area contributed by atoms with E-state index in [-0.39, 0.29) is 0 Å². The molecule has 2 fully saturated rings. The van der Waals surface area contributed by atoms with E-state index in [0.717, 1.165) is 53.4 Å². The molecule has 0 aliphatic carbocycles. The van der Waals surface area contributed by atoms with Gasteiger partial charge in [0.05, 0.1) is 11.6 Å². The predicted octanol–water partition coefficient (Wildman–Crippen LogP) is 3.66. The molecule has 0 aromatic carbocycles. The van der Waals surface area contributed by atoms with Crippen molar-refractivity contribution in [2.45, 2.75) is 57.2 Å². The van der Waals surface area contributed by atoms with Crippen LogP contribution in [0.2, 0.25) is 0 Å². The van der Waals surface area contributed by atoms with Crippen LogP contribution in [0.15, 0.2) is 24.4 Å². The molecule has 2 unspecified atom stereocenters. The first-order valence-electron chi connectivity index (χ1n) is 10.4. The van der Waals surface area contributed by atoms with Gasteiger partial charge in [-0.2, -0.15) is 10.4 Å². The molecule has 0 spiro atoms. The van der Waals surface area contributed by atoms with Gasteiger partial charge in [-0.25, -0.2) is 4.98 Å². The molecular formula is C21H26N8. The molecule has 2 saturated heterocycles. The number of aromatic nitrogens is 4. The fourth-order valence-corrected chi connectivity index (χ4v) is 4.97. The van der Waals surface area contributed by atoms with E-state index >= 15 is 0 Å². The SMILES string of the molecule is Cc1cc(Nc2cc3[nH]ccc3c(NC3CC4CC[C@@H](C3)N4CCC#N)n2)n[nH]1. The molecule has 29 heavy (non-hydrogen) atoms. The van der Waals surface area contributed by atoms with E-state index in [0.29, 0.717) is 24.5 Å². The molecule has 3 aromatic heterocycles. The second-order valence-corrected chi connectivity index (χ2v) is 8.20. The largest absolute Gasteiger partial charge is 0.367 e. The lowest BCUT2D eigenvalue weighted by molar-refractivity contribution is 0.136. The van der Waals surface area contributed by atoms with Crippen LogP contribution in [0.3, 0.4) is 0 Å². The molecule has 3 atom stereocenters. The van der Waals surface area contributed by atoms with Crippen LogP contribution in [0, 0.1) is 18.3 Å². The minimum Gasteiger partial charge on any atom is -0.367 e. The molecule has 5 rings (SSSR count). The molecule has 8 nitrogen and oxygen atoms in total. The molecular weight excluding hydrogens is 364 g/mol. The van der Waals surface area contributed by atoms with Crippen molar-refractivity contribution >= 4 is 28.4 Å². The Balaban J connectivity index is 1.35. The summed E-state index contributed by atoms with van der Waals surface area (Å²) in [4.78, 5) is 10.7. The number of nitrogens with zero attached hydrogens (tertiary/aromatic N) is 4. The zero-order chi connectivity index (χ0) is 19.8. The van der Waals surface area contributed by atoms with Crippen LogP contribution in [0.4, 0.5) is 17.5 Å². The number of fused-ring (bicyclic) bond motifs is 3. The van der Waals surface area contributed by atoms with Gasteiger partial charge in [-0.15, -0.1) is 0 Å². The molecule has 3 aromatic rings. The fourth-order valence-electron chi connectivity index (χ4n) is 4.97. The third-order valence-corrected chi connectivity index (χ3v) is 6.22. The van der Waals surface area contributed by atoms with Gasteiger partial charge in [0, 0.05) is 60.5 Å². The first kappa shape index (κ1) is 18.0. The summed E-state index contributed by atoms with van der Waals surface area (Å²) in [6, 6.07) is 9.90. The van der Waals surface area contributed by atoms with E-state index < -0.39 is 0 Å². The van der Waals surface area contributed by atoms with Crippen LogP contribution < -0.4 is 10.6 Å². The van der Waals surface area contributed by atoms with Gasteiger partial charge in [0.25, 0.3) is 0 Å². The summed E-state index contributed by atoms with van der Waals surface area (Å²) < 4.78 is 0. The second-order valence-electron chi connectivity index (χ2n) is 8.20. The molecule has 0 saturated carbocycles. The number of anilines is 3. The summed E-state index contributed by atoms with van der Waals surface area (Å²) >= 11 is 0. The normalized spacial score (nSPS) is 23.9. The van der Waals surface area contributed by atoms with Gasteiger partial charge in [0.15, 0.2) is 5.82 Å². The number of nitrogens with one attached hydrogen (secondary N) is 4. The van der Waals surface area contributed by atoms with Gasteiger partial charge in [-0.1, -0.05) is 0 Å². The van der Waals surface area contributed by atoms with E-state index in [9.17, 15) is 0 Å². The van der Waals surface area contributed by atoms with Crippen molar-refractivity contribution in [1.29, 1.82) is 5.26 Å². The standard InChI is InChI=1S/C21H26N8/c1-13-9-20(28-27-13)25-19-12-18-17(5-7-23-18)21(26-19)24-14-10-15-3-4-16(11-14)29(15)8-2-6-22/h5,7,9,12,14-16,23H,2-4,8,10-11H2,1H3,(H3,24,25,26,27,28)/t14?,15-,16?/m0/s1. The highest BCUT2D eigenvalue weighted by molar-refractivity contribution is 5.92. The fraction of sp³-hybridized carbons (Fsp3) is 0.476. The van der Waals surface area contributed by atoms with E-state index in [4.69, 9.17) is 10.2 Å². The Morgan fingerprint density at radius 2 is 2.07 bits per heavy atom. The number of H-pyrrole nitrogens is 2. The van der Waals surface area contributed by atoms with Crippen molar-refractivity contribution in [2.24, 2.45) is 0 Å². The second kappa shape index (κ2) is 7.41. The molecule has 4 N–H and O–H groups in total. The van der Waals surface area contributed by atoms with Gasteiger partial charge in [0.2, 0.25) is 0 Å². The summed E-state index contributed by atoms with van der Waals surface area (Å²) in [6.07, 6.45) is 7.26. The van der Waals surface area contributed by atoms with Gasteiger partial charge in [-0.05, 0) is 38.7 Å². The van der Waals surface area contributed by atoms with Gasteiger partial charge in [0.1, 0.15) is 11.6 Å². The Morgan fingerprint density at radius 3 is 2.79 bits per heavy atom. The Hall–Kier alpha value is -3.05. The molecule has 150 valence electrons. The van der Waals surface area contributed by atoms with Gasteiger partial charge < -0.3 is 15.6 Å². The Labute approximate surface area is 169 Å². The zero-order valence-corrected chi connectivity index (χ0v) is 16.6. The van der Waals surface area contributed by atoms with E-state index in [1.54, 1.807) is 0 Å². The number of hydrogen-bond donors (Lipinski definition) is 4. The average molecular weight is 390 g/mol. The molecule has 0 radical (unpaired) electrons. The summed E-state index contributed by atoms with van der Waals surface area (Å²) in [5, 5.41) is 24.3. The van der Waals surface area contributed by atoms with Crippen LogP contribution in [0.5, 0.6) is 0 Å². The minimum atomic E-state index is 0.402. The predicted molar refractivity (Wildman–Crippen MR) is 113 cm³/mol. The highest BCUT2D eigenvalue weighted by Gasteiger charge is 2.40. The van der Waals surface area contributed by atoms with Crippen molar-refractivity contribution in [1.82, 2.24) is 25.1 Å². The first-order chi connectivity index (χ1) is 14.2. The maximum absolute atomic E-state index is 8.94. The highest BCUT2D eigenvalue weighted by Crippen LogP contribution is 2.37. The first-order valence-corrected chi connectivity index (χ1v) is 10.4. The Bertz CT molecular complexity index is 1030. The van der Waals surface area contributed by atoms with E-state index in [1.807, 2.05) is 25.3 Å². The van der Waals surface area contributed by atoms with E-state index in [1.165, 1.54) is 12.8 Å². The Morgan fingerprint density at radius 1 is 1.24 bits per heavy atom. The lowest BCUT2D eigenvalue weighted by atomic mass is 9.97. The van der Waals surface area contributed by atoms with Crippen molar-refractivity contribution in [3.8, 4) is 6.07 Å². The molecule has 8 heteroatoms. The maximum Gasteiger partial charge on any atom is 0.153 e. The third kappa shape index (κ3) is 3.54.